The molecule has 0 aromatic rings. The molecule has 0 aromatic heterocycles. The third-order valence-corrected chi connectivity index (χ3v) is 10.1. The molecule has 0 radical (unpaired) electrons. The standard InChI is InChI=1S/C24H40O3.C2H6/c1-15(13-21(26)27-4)17-8-9-18-22-19(10-12-24(17,18)3)23(2)11-6-5-7-16(23)14-20(22)25;1-2/h15-20,22,25H,5-14H2,1-4H3;1-2H3/t15-,16?,17?,18?,19?,20?,22?,23?,24?;/m1./s1. The fraction of sp³-hybridized carbons (Fsp3) is 0.962. The molecule has 168 valence electrons. The Morgan fingerprint density at radius 1 is 1.03 bits per heavy atom. The normalized spacial score (nSPS) is 47.0. The highest BCUT2D eigenvalue weighted by Gasteiger charge is 2.62. The molecule has 9 atom stereocenters. The van der Waals surface area contributed by atoms with Gasteiger partial charge in [-0.3, -0.25) is 4.79 Å². The van der Waals surface area contributed by atoms with E-state index >= 15 is 0 Å². The molecule has 4 aliphatic carbocycles. The first kappa shape index (κ1) is 23.1. The van der Waals surface area contributed by atoms with Gasteiger partial charge in [-0.15, -0.1) is 0 Å². The minimum Gasteiger partial charge on any atom is -0.469 e. The van der Waals surface area contributed by atoms with Gasteiger partial charge >= 0.3 is 5.97 Å². The number of hydrogen-bond donors (Lipinski definition) is 1. The lowest BCUT2D eigenvalue weighted by atomic mass is 9.44. The van der Waals surface area contributed by atoms with Crippen LogP contribution in [0.15, 0.2) is 0 Å². The second-order valence-corrected chi connectivity index (χ2v) is 11.0. The lowest BCUT2D eigenvalue weighted by Crippen LogP contribution is -2.57. The number of rotatable bonds is 3. The SMILES string of the molecule is CC.COC(=O)C[C@@H](C)C1CCC2C3C(O)CC4CCCCC4(C)C3CCC21C. The maximum absolute atomic E-state index is 11.9. The number of carbonyl (C=O) groups excluding carboxylic acids is 1. The Balaban J connectivity index is 0.00000117. The third-order valence-electron chi connectivity index (χ3n) is 10.1. The molecule has 0 amide bonds. The van der Waals surface area contributed by atoms with Crippen LogP contribution in [0.25, 0.3) is 0 Å². The van der Waals surface area contributed by atoms with E-state index in [2.05, 4.69) is 20.8 Å². The van der Waals surface area contributed by atoms with Crippen molar-refractivity contribution < 1.29 is 14.6 Å². The average Bonchev–Trinajstić information content (AvgIpc) is 3.07. The number of ether oxygens (including phenoxy) is 1. The first-order chi connectivity index (χ1) is 13.8. The summed E-state index contributed by atoms with van der Waals surface area (Å²) >= 11 is 0. The first-order valence-corrected chi connectivity index (χ1v) is 12.6. The number of esters is 1. The predicted octanol–water partition coefficient (Wildman–Crippen LogP) is 6.23. The second kappa shape index (κ2) is 8.89. The molecule has 0 bridgehead atoms. The van der Waals surface area contributed by atoms with E-state index in [-0.39, 0.29) is 17.5 Å². The van der Waals surface area contributed by atoms with E-state index in [1.165, 1.54) is 58.5 Å². The van der Waals surface area contributed by atoms with E-state index in [1.54, 1.807) is 0 Å². The Labute approximate surface area is 179 Å². The predicted molar refractivity (Wildman–Crippen MR) is 118 cm³/mol. The zero-order valence-corrected chi connectivity index (χ0v) is 19.9. The third kappa shape index (κ3) is 3.79. The number of fused-ring (bicyclic) bond motifs is 5. The zero-order valence-electron chi connectivity index (χ0n) is 19.9. The van der Waals surface area contributed by atoms with Gasteiger partial charge in [-0.05, 0) is 91.3 Å². The van der Waals surface area contributed by atoms with Crippen LogP contribution in [0.2, 0.25) is 0 Å². The van der Waals surface area contributed by atoms with Gasteiger partial charge in [0.05, 0.1) is 13.2 Å². The molecule has 4 saturated carbocycles. The van der Waals surface area contributed by atoms with Crippen LogP contribution < -0.4 is 0 Å². The van der Waals surface area contributed by atoms with Crippen molar-refractivity contribution in [3.05, 3.63) is 0 Å². The quantitative estimate of drug-likeness (QED) is 0.565. The minimum absolute atomic E-state index is 0.0708. The molecular weight excluding hydrogens is 360 g/mol. The molecule has 0 saturated heterocycles. The average molecular weight is 407 g/mol. The lowest BCUT2D eigenvalue weighted by Gasteiger charge is -2.62. The molecule has 0 aliphatic heterocycles. The minimum atomic E-state index is -0.106. The summed E-state index contributed by atoms with van der Waals surface area (Å²) in [6.45, 7) is 11.3. The van der Waals surface area contributed by atoms with Crippen molar-refractivity contribution in [1.29, 1.82) is 0 Å². The van der Waals surface area contributed by atoms with Crippen LogP contribution in [-0.4, -0.2) is 24.3 Å². The topological polar surface area (TPSA) is 46.5 Å². The summed E-state index contributed by atoms with van der Waals surface area (Å²) in [5.41, 5.74) is 0.743. The maximum Gasteiger partial charge on any atom is 0.305 e. The van der Waals surface area contributed by atoms with Gasteiger partial charge < -0.3 is 9.84 Å². The molecule has 4 fully saturated rings. The van der Waals surface area contributed by atoms with Crippen molar-refractivity contribution in [2.24, 2.45) is 46.3 Å². The molecule has 4 aliphatic rings. The highest BCUT2D eigenvalue weighted by Crippen LogP contribution is 2.68. The van der Waals surface area contributed by atoms with Gasteiger partial charge in [-0.25, -0.2) is 0 Å². The van der Waals surface area contributed by atoms with Crippen molar-refractivity contribution in [2.45, 2.75) is 105 Å². The summed E-state index contributed by atoms with van der Waals surface area (Å²) in [4.78, 5) is 11.9. The van der Waals surface area contributed by atoms with Gasteiger partial charge in [-0.1, -0.05) is 47.5 Å². The Hall–Kier alpha value is -0.570. The van der Waals surface area contributed by atoms with Gasteiger partial charge in [-0.2, -0.15) is 0 Å². The van der Waals surface area contributed by atoms with E-state index in [9.17, 15) is 9.90 Å². The summed E-state index contributed by atoms with van der Waals surface area (Å²) in [5, 5.41) is 11.3. The number of hydrogen-bond acceptors (Lipinski definition) is 3. The van der Waals surface area contributed by atoms with Crippen LogP contribution in [0.4, 0.5) is 0 Å². The van der Waals surface area contributed by atoms with Crippen molar-refractivity contribution in [3.63, 3.8) is 0 Å². The number of carbonyl (C=O) groups is 1. The number of aliphatic hydroxyl groups is 1. The van der Waals surface area contributed by atoms with E-state index < -0.39 is 0 Å². The van der Waals surface area contributed by atoms with Gasteiger partial charge in [0, 0.05) is 6.42 Å². The fourth-order valence-electron chi connectivity index (χ4n) is 8.72. The second-order valence-electron chi connectivity index (χ2n) is 11.0. The summed E-state index contributed by atoms with van der Waals surface area (Å²) in [5.74, 6) is 3.46. The van der Waals surface area contributed by atoms with Crippen LogP contribution in [0, 0.1) is 46.3 Å². The molecule has 3 heteroatoms. The number of methoxy groups -OCH3 is 1. The van der Waals surface area contributed by atoms with E-state index in [0.717, 1.165) is 12.3 Å². The molecule has 4 rings (SSSR count). The van der Waals surface area contributed by atoms with Gasteiger partial charge in [0.1, 0.15) is 0 Å². The molecule has 0 heterocycles. The molecule has 1 N–H and O–H groups in total. The smallest absolute Gasteiger partial charge is 0.305 e. The van der Waals surface area contributed by atoms with Gasteiger partial charge in [0.2, 0.25) is 0 Å². The molecule has 8 unspecified atom stereocenters. The van der Waals surface area contributed by atoms with Gasteiger partial charge in [0.15, 0.2) is 0 Å². The molecular formula is C26H46O3. The Kier molecular flexibility index (Phi) is 7.08. The molecule has 3 nitrogen and oxygen atoms in total. The van der Waals surface area contributed by atoms with Crippen molar-refractivity contribution >= 4 is 5.97 Å². The van der Waals surface area contributed by atoms with Gasteiger partial charge in [0.25, 0.3) is 0 Å². The van der Waals surface area contributed by atoms with E-state index in [0.29, 0.717) is 41.4 Å². The maximum atomic E-state index is 11.9. The van der Waals surface area contributed by atoms with E-state index in [1.807, 2.05) is 13.8 Å². The zero-order chi connectivity index (χ0) is 21.4. The van der Waals surface area contributed by atoms with Crippen molar-refractivity contribution in [1.82, 2.24) is 0 Å². The highest BCUT2D eigenvalue weighted by atomic mass is 16.5. The van der Waals surface area contributed by atoms with Crippen molar-refractivity contribution in [2.75, 3.05) is 7.11 Å². The number of aliphatic hydroxyl groups excluding tert-OH is 1. The van der Waals surface area contributed by atoms with Crippen LogP contribution in [-0.2, 0) is 9.53 Å². The van der Waals surface area contributed by atoms with Crippen LogP contribution in [0.1, 0.15) is 98.8 Å². The van der Waals surface area contributed by atoms with Crippen molar-refractivity contribution in [3.8, 4) is 0 Å². The van der Waals surface area contributed by atoms with E-state index in [4.69, 9.17) is 4.74 Å². The lowest BCUT2D eigenvalue weighted by molar-refractivity contribution is -0.165. The first-order valence-electron chi connectivity index (χ1n) is 12.6. The molecule has 29 heavy (non-hydrogen) atoms. The largest absolute Gasteiger partial charge is 0.469 e. The summed E-state index contributed by atoms with van der Waals surface area (Å²) in [7, 11) is 1.50. The fourth-order valence-corrected chi connectivity index (χ4v) is 8.72. The molecule has 0 spiro atoms. The van der Waals surface area contributed by atoms with Crippen LogP contribution >= 0.6 is 0 Å². The highest BCUT2D eigenvalue weighted by molar-refractivity contribution is 5.69. The van der Waals surface area contributed by atoms with Crippen LogP contribution in [0.5, 0.6) is 0 Å². The Morgan fingerprint density at radius 3 is 2.41 bits per heavy atom. The monoisotopic (exact) mass is 406 g/mol. The Bertz CT molecular complexity index is 574. The summed E-state index contributed by atoms with van der Waals surface area (Å²) < 4.78 is 4.95. The van der Waals surface area contributed by atoms with Crippen LogP contribution in [0.3, 0.4) is 0 Å². The Morgan fingerprint density at radius 2 is 1.72 bits per heavy atom. The molecule has 0 aromatic carbocycles. The summed E-state index contributed by atoms with van der Waals surface area (Å²) in [6.07, 6.45) is 11.9. The summed E-state index contributed by atoms with van der Waals surface area (Å²) in [6, 6.07) is 0.